The molecule has 2 N–H and O–H groups in total. The molecule has 6 rings (SSSR count). The lowest BCUT2D eigenvalue weighted by atomic mass is 10.2. The number of fused-ring (bicyclic) bond motifs is 8. The molecule has 0 atom stereocenters. The summed E-state index contributed by atoms with van der Waals surface area (Å²) in [4.78, 5) is 16.4. The molecule has 4 nitrogen and oxygen atoms in total. The smallest absolute Gasteiger partial charge is 0.0731 e. The first kappa shape index (κ1) is 13.6. The number of rotatable bonds is 0. The van der Waals surface area contributed by atoms with Gasteiger partial charge in [-0.05, 0) is 60.7 Å². The van der Waals surface area contributed by atoms with E-state index in [-0.39, 0.29) is 0 Å². The number of H-pyrrole nitrogens is 2. The maximum atomic E-state index is 4.77. The topological polar surface area (TPSA) is 57.4 Å². The molecule has 0 spiro atoms. The van der Waals surface area contributed by atoms with Crippen LogP contribution in [0, 0.1) is 0 Å². The van der Waals surface area contributed by atoms with E-state index >= 15 is 0 Å². The minimum absolute atomic E-state index is 0.918. The average molecular weight is 334 g/mol. The first-order valence-electron chi connectivity index (χ1n) is 8.60. The predicted molar refractivity (Wildman–Crippen MR) is 108 cm³/mol. The predicted octanol–water partition coefficient (Wildman–Crippen LogP) is 5.14. The van der Waals surface area contributed by atoms with Gasteiger partial charge in [0.15, 0.2) is 0 Å². The molecule has 122 valence electrons. The van der Waals surface area contributed by atoms with Crippen molar-refractivity contribution in [3.8, 4) is 0 Å². The van der Waals surface area contributed by atoms with Crippen LogP contribution < -0.4 is 0 Å². The van der Waals surface area contributed by atoms with Crippen molar-refractivity contribution in [2.45, 2.75) is 0 Å². The Bertz CT molecular complexity index is 1330. The molecule has 5 heterocycles. The monoisotopic (exact) mass is 334 g/mol. The highest BCUT2D eigenvalue weighted by Crippen LogP contribution is 2.30. The van der Waals surface area contributed by atoms with Crippen LogP contribution in [0.5, 0.6) is 0 Å². The highest BCUT2D eigenvalue weighted by molar-refractivity contribution is 5.98. The second-order valence-corrected chi connectivity index (χ2v) is 6.65. The van der Waals surface area contributed by atoms with Gasteiger partial charge >= 0.3 is 0 Å². The second-order valence-electron chi connectivity index (χ2n) is 6.65. The van der Waals surface area contributed by atoms with Crippen LogP contribution in [-0.2, 0) is 0 Å². The molecule has 0 radical (unpaired) electrons. The fraction of sp³-hybridized carbons (Fsp3) is 0. The number of aromatic amines is 2. The van der Waals surface area contributed by atoms with Gasteiger partial charge in [-0.2, -0.15) is 0 Å². The van der Waals surface area contributed by atoms with Gasteiger partial charge in [0.25, 0.3) is 0 Å². The van der Waals surface area contributed by atoms with Crippen molar-refractivity contribution in [1.82, 2.24) is 19.9 Å². The fourth-order valence-electron chi connectivity index (χ4n) is 3.63. The van der Waals surface area contributed by atoms with Crippen LogP contribution in [0.2, 0.25) is 0 Å². The Kier molecular flexibility index (Phi) is 2.58. The van der Waals surface area contributed by atoms with E-state index in [2.05, 4.69) is 57.4 Å². The largest absolute Gasteiger partial charge is 0.355 e. The Morgan fingerprint density at radius 3 is 2.27 bits per heavy atom. The summed E-state index contributed by atoms with van der Waals surface area (Å²) < 4.78 is 0. The Hall–Kier alpha value is -3.66. The number of hydrogen-bond donors (Lipinski definition) is 2. The second kappa shape index (κ2) is 4.92. The van der Waals surface area contributed by atoms with Gasteiger partial charge in [0.1, 0.15) is 0 Å². The van der Waals surface area contributed by atoms with E-state index in [1.54, 1.807) is 0 Å². The molecule has 0 aromatic carbocycles. The Morgan fingerprint density at radius 2 is 1.35 bits per heavy atom. The lowest BCUT2D eigenvalue weighted by molar-refractivity contribution is 1.27. The summed E-state index contributed by atoms with van der Waals surface area (Å²) in [6, 6.07) is 12.5. The lowest BCUT2D eigenvalue weighted by Gasteiger charge is -1.92. The highest BCUT2D eigenvalue weighted by Gasteiger charge is 2.13. The third kappa shape index (κ3) is 2.09. The molecule has 8 bridgehead atoms. The van der Waals surface area contributed by atoms with Crippen LogP contribution in [0.25, 0.3) is 58.5 Å². The molecule has 3 aromatic rings. The Morgan fingerprint density at radius 1 is 0.577 bits per heavy atom. The first-order valence-corrected chi connectivity index (χ1v) is 8.60. The fourth-order valence-corrected chi connectivity index (χ4v) is 3.63. The lowest BCUT2D eigenvalue weighted by Crippen LogP contribution is -1.81. The molecule has 0 saturated carbocycles. The van der Waals surface area contributed by atoms with Gasteiger partial charge in [0, 0.05) is 27.7 Å². The molecule has 0 amide bonds. The van der Waals surface area contributed by atoms with Crippen LogP contribution in [0.4, 0.5) is 0 Å². The van der Waals surface area contributed by atoms with E-state index in [9.17, 15) is 0 Å². The summed E-state index contributed by atoms with van der Waals surface area (Å²) in [6.07, 6.45) is 12.4. The third-order valence-corrected chi connectivity index (χ3v) is 4.83. The van der Waals surface area contributed by atoms with Crippen LogP contribution in [0.1, 0.15) is 33.9 Å². The van der Waals surface area contributed by atoms with Gasteiger partial charge in [-0.1, -0.05) is 12.2 Å². The number of nitrogens with zero attached hydrogens (tertiary/aromatic N) is 2. The summed E-state index contributed by atoms with van der Waals surface area (Å²) in [6.45, 7) is 0. The van der Waals surface area contributed by atoms with Gasteiger partial charge < -0.3 is 9.97 Å². The molecule has 4 heteroatoms. The van der Waals surface area contributed by atoms with Crippen molar-refractivity contribution in [3.05, 3.63) is 70.3 Å². The summed E-state index contributed by atoms with van der Waals surface area (Å²) in [7, 11) is 0. The molecule has 3 aliphatic rings. The van der Waals surface area contributed by atoms with E-state index in [0.29, 0.717) is 0 Å². The standard InChI is InChI=1S/C22H14N4/c1-7-20-21-8-6-18(25-21)11-16-3-2-14(23-16)10-15-4-5-17(24-15)12-19-9-13(1)22(20)26-19/h1-12,24,26H. The Balaban J connectivity index is 1.75. The zero-order valence-electron chi connectivity index (χ0n) is 13.8. The molecule has 26 heavy (non-hydrogen) atoms. The molecular weight excluding hydrogens is 320 g/mol. The SMILES string of the molecule is C1=Cc2cc3ccc(cc4cc5c([nH]4)c(c4nc(cc1n2)C=C4)C=C5)[nH]3. The maximum absolute atomic E-state index is 4.77. The van der Waals surface area contributed by atoms with Crippen molar-refractivity contribution in [2.75, 3.05) is 0 Å². The zero-order chi connectivity index (χ0) is 17.1. The summed E-state index contributed by atoms with van der Waals surface area (Å²) >= 11 is 0. The first-order chi connectivity index (χ1) is 12.8. The van der Waals surface area contributed by atoms with Crippen LogP contribution in [-0.4, -0.2) is 19.9 Å². The summed E-state index contributed by atoms with van der Waals surface area (Å²) in [5, 5.41) is 0. The molecule has 1 aliphatic carbocycles. The Labute approximate surface area is 149 Å². The average Bonchev–Trinajstić information content (AvgIpc) is 3.38. The maximum Gasteiger partial charge on any atom is 0.0731 e. The zero-order valence-corrected chi connectivity index (χ0v) is 13.8. The van der Waals surface area contributed by atoms with Crippen molar-refractivity contribution in [1.29, 1.82) is 0 Å². The molecule has 3 aromatic heterocycles. The van der Waals surface area contributed by atoms with Crippen LogP contribution >= 0.6 is 0 Å². The van der Waals surface area contributed by atoms with Crippen LogP contribution in [0.3, 0.4) is 0 Å². The minimum Gasteiger partial charge on any atom is -0.355 e. The third-order valence-electron chi connectivity index (χ3n) is 4.83. The highest BCUT2D eigenvalue weighted by atomic mass is 14.8. The van der Waals surface area contributed by atoms with E-state index in [0.717, 1.165) is 50.4 Å². The summed E-state index contributed by atoms with van der Waals surface area (Å²) in [5.74, 6) is 0. The summed E-state index contributed by atoms with van der Waals surface area (Å²) in [5.41, 5.74) is 10.4. The van der Waals surface area contributed by atoms with Gasteiger partial charge in [0.2, 0.25) is 0 Å². The van der Waals surface area contributed by atoms with E-state index in [1.165, 1.54) is 5.56 Å². The van der Waals surface area contributed by atoms with Gasteiger partial charge in [-0.15, -0.1) is 0 Å². The van der Waals surface area contributed by atoms with Crippen molar-refractivity contribution in [3.63, 3.8) is 0 Å². The van der Waals surface area contributed by atoms with Gasteiger partial charge in [-0.3, -0.25) is 0 Å². The van der Waals surface area contributed by atoms with Crippen molar-refractivity contribution >= 4 is 58.5 Å². The number of hydrogen-bond acceptors (Lipinski definition) is 2. The molecular formula is C22H14N4. The van der Waals surface area contributed by atoms with Crippen molar-refractivity contribution in [2.24, 2.45) is 0 Å². The molecule has 0 unspecified atom stereocenters. The molecule has 2 aliphatic heterocycles. The van der Waals surface area contributed by atoms with Gasteiger partial charge in [-0.25, -0.2) is 9.97 Å². The molecule has 0 fully saturated rings. The minimum atomic E-state index is 0.918. The van der Waals surface area contributed by atoms with Gasteiger partial charge in [0.05, 0.1) is 28.3 Å². The number of aromatic nitrogens is 4. The molecule has 0 saturated heterocycles. The normalized spacial score (nSPS) is 13.7. The van der Waals surface area contributed by atoms with Crippen molar-refractivity contribution < 1.29 is 0 Å². The van der Waals surface area contributed by atoms with E-state index < -0.39 is 0 Å². The van der Waals surface area contributed by atoms with E-state index in [1.807, 2.05) is 30.4 Å². The van der Waals surface area contributed by atoms with Crippen LogP contribution in [0.15, 0.2) is 36.4 Å². The number of nitrogens with one attached hydrogen (secondary N) is 2. The quantitative estimate of drug-likeness (QED) is 0.404. The van der Waals surface area contributed by atoms with E-state index in [4.69, 9.17) is 4.98 Å².